The molecule has 0 aromatic heterocycles. The minimum Gasteiger partial charge on any atom is -0.483 e. The molecule has 0 aliphatic carbocycles. The molecular weight excluding hydrogens is 436 g/mol. The summed E-state index contributed by atoms with van der Waals surface area (Å²) in [5.41, 5.74) is 0.901. The summed E-state index contributed by atoms with van der Waals surface area (Å²) in [6, 6.07) is 20.4. The summed E-state index contributed by atoms with van der Waals surface area (Å²) >= 11 is 6.02. The number of ether oxygens (including phenoxy) is 1. The summed E-state index contributed by atoms with van der Waals surface area (Å²) in [7, 11) is 0. The summed E-state index contributed by atoms with van der Waals surface area (Å²) in [5.74, 6) is 0.266. The molecule has 0 aliphatic rings. The fourth-order valence-electron chi connectivity index (χ4n) is 3.76. The Morgan fingerprint density at radius 3 is 2.45 bits per heavy atom. The van der Waals surface area contributed by atoms with Crippen molar-refractivity contribution in [3.05, 3.63) is 77.3 Å². The van der Waals surface area contributed by atoms with Gasteiger partial charge in [-0.2, -0.15) is 0 Å². The lowest BCUT2D eigenvalue weighted by molar-refractivity contribution is -0.142. The largest absolute Gasteiger partial charge is 0.483 e. The average molecular weight is 467 g/mol. The van der Waals surface area contributed by atoms with Crippen molar-refractivity contribution in [3.8, 4) is 5.75 Å². The third-order valence-electron chi connectivity index (χ3n) is 5.58. The van der Waals surface area contributed by atoms with E-state index in [0.29, 0.717) is 30.3 Å². The van der Waals surface area contributed by atoms with E-state index in [0.717, 1.165) is 29.2 Å². The van der Waals surface area contributed by atoms with E-state index in [4.69, 9.17) is 16.3 Å². The van der Waals surface area contributed by atoms with Gasteiger partial charge in [-0.05, 0) is 42.0 Å². The number of halogens is 1. The van der Waals surface area contributed by atoms with Crippen molar-refractivity contribution < 1.29 is 14.3 Å². The second-order valence-electron chi connectivity index (χ2n) is 7.98. The molecule has 174 valence electrons. The molecule has 6 heteroatoms. The van der Waals surface area contributed by atoms with Crippen LogP contribution in [0.2, 0.25) is 5.02 Å². The summed E-state index contributed by atoms with van der Waals surface area (Å²) in [5, 5.41) is 5.58. The van der Waals surface area contributed by atoms with Crippen molar-refractivity contribution in [1.82, 2.24) is 10.2 Å². The number of amides is 2. The van der Waals surface area contributed by atoms with Crippen LogP contribution in [0.3, 0.4) is 0 Å². The van der Waals surface area contributed by atoms with Gasteiger partial charge in [-0.1, -0.05) is 80.4 Å². The molecule has 0 saturated heterocycles. The van der Waals surface area contributed by atoms with E-state index >= 15 is 0 Å². The number of carbonyl (C=O) groups is 2. The highest BCUT2D eigenvalue weighted by Gasteiger charge is 2.28. The van der Waals surface area contributed by atoms with Crippen molar-refractivity contribution >= 4 is 34.2 Å². The Bertz CT molecular complexity index is 1060. The van der Waals surface area contributed by atoms with Crippen molar-refractivity contribution in [2.45, 2.75) is 45.7 Å². The Kier molecular flexibility index (Phi) is 9.14. The quantitative estimate of drug-likeness (QED) is 0.374. The normalized spacial score (nSPS) is 11.7. The summed E-state index contributed by atoms with van der Waals surface area (Å²) < 4.78 is 5.95. The molecule has 3 rings (SSSR count). The molecule has 0 bridgehead atoms. The molecule has 0 fully saturated rings. The highest BCUT2D eigenvalue weighted by atomic mass is 35.5. The Morgan fingerprint density at radius 1 is 1.00 bits per heavy atom. The van der Waals surface area contributed by atoms with E-state index in [1.165, 1.54) is 0 Å². The highest BCUT2D eigenvalue weighted by molar-refractivity contribution is 6.30. The van der Waals surface area contributed by atoms with Gasteiger partial charge in [0.1, 0.15) is 11.8 Å². The fourth-order valence-corrected chi connectivity index (χ4v) is 3.88. The second kappa shape index (κ2) is 12.3. The number of hydrogen-bond donors (Lipinski definition) is 1. The molecule has 0 saturated carbocycles. The first kappa shape index (κ1) is 24.6. The molecule has 0 spiro atoms. The van der Waals surface area contributed by atoms with Crippen molar-refractivity contribution in [3.63, 3.8) is 0 Å². The molecule has 0 radical (unpaired) electrons. The number of fused-ring (bicyclic) bond motifs is 1. The second-order valence-corrected chi connectivity index (χ2v) is 8.42. The highest BCUT2D eigenvalue weighted by Crippen LogP contribution is 2.25. The predicted octanol–water partition coefficient (Wildman–Crippen LogP) is 5.60. The van der Waals surface area contributed by atoms with Crippen molar-refractivity contribution in [1.29, 1.82) is 0 Å². The smallest absolute Gasteiger partial charge is 0.261 e. The molecule has 0 heterocycles. The first-order chi connectivity index (χ1) is 16.0. The van der Waals surface area contributed by atoms with Crippen LogP contribution in [0, 0.1) is 0 Å². The zero-order valence-electron chi connectivity index (χ0n) is 19.2. The lowest BCUT2D eigenvalue weighted by Gasteiger charge is -2.30. The Hall–Kier alpha value is -3.05. The van der Waals surface area contributed by atoms with Crippen LogP contribution in [-0.2, 0) is 16.1 Å². The summed E-state index contributed by atoms with van der Waals surface area (Å²) in [6.45, 7) is 4.73. The minimum atomic E-state index is -0.582. The van der Waals surface area contributed by atoms with Gasteiger partial charge in [0.25, 0.3) is 5.91 Å². The summed E-state index contributed by atoms with van der Waals surface area (Å²) in [4.78, 5) is 27.9. The average Bonchev–Trinajstić information content (AvgIpc) is 2.83. The summed E-state index contributed by atoms with van der Waals surface area (Å²) in [6.07, 6.45) is 2.40. The molecule has 5 nitrogen and oxygen atoms in total. The molecule has 3 aromatic rings. The molecule has 3 aromatic carbocycles. The van der Waals surface area contributed by atoms with Gasteiger partial charge >= 0.3 is 0 Å². The SMILES string of the molecule is CCCCNC(=O)C(CC)N(Cc1ccc(Cl)cc1)C(=O)COc1cccc2ccccc12. The van der Waals surface area contributed by atoms with Crippen LogP contribution in [0.1, 0.15) is 38.7 Å². The topological polar surface area (TPSA) is 58.6 Å². The molecule has 33 heavy (non-hydrogen) atoms. The van der Waals surface area contributed by atoms with Gasteiger partial charge in [0.05, 0.1) is 0 Å². The van der Waals surface area contributed by atoms with E-state index in [1.54, 1.807) is 17.0 Å². The lowest BCUT2D eigenvalue weighted by Crippen LogP contribution is -2.50. The van der Waals surface area contributed by atoms with Gasteiger partial charge in [-0.3, -0.25) is 9.59 Å². The number of nitrogens with zero attached hydrogens (tertiary/aromatic N) is 1. The van der Waals surface area contributed by atoms with Gasteiger partial charge in [-0.25, -0.2) is 0 Å². The van der Waals surface area contributed by atoms with Crippen LogP contribution in [-0.4, -0.2) is 35.9 Å². The van der Waals surface area contributed by atoms with Crippen LogP contribution in [0.4, 0.5) is 0 Å². The molecule has 1 atom stereocenters. The standard InChI is InChI=1S/C27H31ClN2O3/c1-3-5-17-29-27(32)24(4-2)30(18-20-13-15-22(28)16-14-20)26(31)19-33-25-12-8-10-21-9-6-7-11-23(21)25/h6-16,24H,3-5,17-19H2,1-2H3,(H,29,32). The van der Waals surface area contributed by atoms with Gasteiger partial charge < -0.3 is 15.0 Å². The Morgan fingerprint density at radius 2 is 1.73 bits per heavy atom. The van der Waals surface area contributed by atoms with E-state index < -0.39 is 6.04 Å². The maximum Gasteiger partial charge on any atom is 0.261 e. The third-order valence-corrected chi connectivity index (χ3v) is 5.83. The van der Waals surface area contributed by atoms with Gasteiger partial charge in [-0.15, -0.1) is 0 Å². The molecule has 1 N–H and O–H groups in total. The number of carbonyl (C=O) groups excluding carboxylic acids is 2. The van der Waals surface area contributed by atoms with Crippen LogP contribution < -0.4 is 10.1 Å². The lowest BCUT2D eigenvalue weighted by atomic mass is 10.1. The van der Waals surface area contributed by atoms with Gasteiger partial charge in [0.2, 0.25) is 5.91 Å². The zero-order valence-corrected chi connectivity index (χ0v) is 20.0. The van der Waals surface area contributed by atoms with E-state index in [-0.39, 0.29) is 18.4 Å². The molecule has 2 amide bonds. The van der Waals surface area contributed by atoms with Crippen LogP contribution >= 0.6 is 11.6 Å². The maximum absolute atomic E-state index is 13.4. The fraction of sp³-hybridized carbons (Fsp3) is 0.333. The Labute approximate surface area is 200 Å². The number of unbranched alkanes of at least 4 members (excludes halogenated alkanes) is 1. The number of nitrogens with one attached hydrogen (secondary N) is 1. The molecule has 0 aliphatic heterocycles. The van der Waals surface area contributed by atoms with Crippen LogP contribution in [0.15, 0.2) is 66.7 Å². The number of benzene rings is 3. The van der Waals surface area contributed by atoms with Crippen molar-refractivity contribution in [2.75, 3.05) is 13.2 Å². The first-order valence-corrected chi connectivity index (χ1v) is 11.8. The maximum atomic E-state index is 13.4. The number of hydrogen-bond acceptors (Lipinski definition) is 3. The van der Waals surface area contributed by atoms with Crippen LogP contribution in [0.25, 0.3) is 10.8 Å². The van der Waals surface area contributed by atoms with E-state index in [2.05, 4.69) is 12.2 Å². The van der Waals surface area contributed by atoms with Gasteiger partial charge in [0, 0.05) is 23.5 Å². The third kappa shape index (κ3) is 6.72. The first-order valence-electron chi connectivity index (χ1n) is 11.5. The van der Waals surface area contributed by atoms with Crippen molar-refractivity contribution in [2.24, 2.45) is 0 Å². The van der Waals surface area contributed by atoms with E-state index in [1.807, 2.05) is 61.5 Å². The zero-order chi connectivity index (χ0) is 23.6. The van der Waals surface area contributed by atoms with Crippen LogP contribution in [0.5, 0.6) is 5.75 Å². The molecular formula is C27H31ClN2O3. The Balaban J connectivity index is 1.79. The molecule has 1 unspecified atom stereocenters. The number of rotatable bonds is 11. The predicted molar refractivity (Wildman–Crippen MR) is 133 cm³/mol. The van der Waals surface area contributed by atoms with E-state index in [9.17, 15) is 9.59 Å². The monoisotopic (exact) mass is 466 g/mol. The van der Waals surface area contributed by atoms with Gasteiger partial charge in [0.15, 0.2) is 6.61 Å². The minimum absolute atomic E-state index is 0.140.